The number of hydrogen-bond acceptors (Lipinski definition) is 3. The average molecular weight is 332 g/mol. The molecule has 3 aromatic rings. The zero-order valence-electron chi connectivity index (χ0n) is 13.6. The van der Waals surface area contributed by atoms with Crippen molar-refractivity contribution in [2.75, 3.05) is 0 Å². The number of ketones is 1. The summed E-state index contributed by atoms with van der Waals surface area (Å²) in [4.78, 5) is 26.8. The lowest BCUT2D eigenvalue weighted by molar-refractivity contribution is 0.0696. The van der Waals surface area contributed by atoms with Gasteiger partial charge in [-0.05, 0) is 61.5 Å². The van der Waals surface area contributed by atoms with Crippen LogP contribution in [0.5, 0.6) is 0 Å². The van der Waals surface area contributed by atoms with E-state index in [4.69, 9.17) is 5.11 Å². The summed E-state index contributed by atoms with van der Waals surface area (Å²) < 4.78 is 1.86. The van der Waals surface area contributed by atoms with E-state index in [0.717, 1.165) is 17.1 Å². The number of carboxylic acids is 1. The zero-order valence-corrected chi connectivity index (χ0v) is 13.6. The normalized spacial score (nSPS) is 10.9. The van der Waals surface area contributed by atoms with E-state index in [1.54, 1.807) is 48.7 Å². The number of carbonyl (C=O) groups is 2. The molecular weight excluding hydrogens is 316 g/mol. The van der Waals surface area contributed by atoms with E-state index < -0.39 is 5.97 Å². The van der Waals surface area contributed by atoms with E-state index >= 15 is 0 Å². The van der Waals surface area contributed by atoms with E-state index in [1.807, 2.05) is 29.0 Å². The van der Waals surface area contributed by atoms with Crippen LogP contribution in [0.15, 0.2) is 71.9 Å². The summed E-state index contributed by atoms with van der Waals surface area (Å²) in [7, 11) is 0. The van der Waals surface area contributed by atoms with Gasteiger partial charge in [0.25, 0.3) is 0 Å². The largest absolute Gasteiger partial charge is 0.478 e. The molecule has 3 rings (SSSR count). The van der Waals surface area contributed by atoms with Gasteiger partial charge in [-0.2, -0.15) is 0 Å². The average Bonchev–Trinajstić information content (AvgIpc) is 3.09. The Morgan fingerprint density at radius 1 is 1.00 bits per heavy atom. The highest BCUT2D eigenvalue weighted by molar-refractivity contribution is 5.94. The van der Waals surface area contributed by atoms with Gasteiger partial charge in [0.15, 0.2) is 5.78 Å². The zero-order chi connectivity index (χ0) is 17.8. The Balaban J connectivity index is 1.88. The van der Waals surface area contributed by atoms with E-state index in [1.165, 1.54) is 6.92 Å². The maximum Gasteiger partial charge on any atom is 0.335 e. The monoisotopic (exact) mass is 332 g/mol. The molecule has 0 saturated carbocycles. The van der Waals surface area contributed by atoms with Crippen LogP contribution in [-0.4, -0.2) is 27.6 Å². The molecule has 1 aromatic heterocycles. The summed E-state index contributed by atoms with van der Waals surface area (Å²) in [5.41, 5.74) is 3.18. The van der Waals surface area contributed by atoms with Crippen molar-refractivity contribution in [3.63, 3.8) is 0 Å². The molecule has 0 atom stereocenters. The fraction of sp³-hybridized carbons (Fsp3) is 0.0500. The minimum Gasteiger partial charge on any atom is -0.478 e. The molecule has 0 aliphatic carbocycles. The van der Waals surface area contributed by atoms with Gasteiger partial charge in [-0.1, -0.05) is 6.07 Å². The molecule has 0 unspecified atom stereocenters. The van der Waals surface area contributed by atoms with E-state index in [9.17, 15) is 9.59 Å². The van der Waals surface area contributed by atoms with Gasteiger partial charge >= 0.3 is 5.97 Å². The smallest absolute Gasteiger partial charge is 0.335 e. The highest BCUT2D eigenvalue weighted by Gasteiger charge is 2.06. The van der Waals surface area contributed by atoms with Crippen molar-refractivity contribution in [3.8, 4) is 5.69 Å². The summed E-state index contributed by atoms with van der Waals surface area (Å²) in [6.45, 7) is 1.52. The van der Waals surface area contributed by atoms with Gasteiger partial charge in [0, 0.05) is 17.4 Å². The van der Waals surface area contributed by atoms with Gasteiger partial charge in [-0.3, -0.25) is 9.79 Å². The number of hydrogen-bond donors (Lipinski definition) is 1. The summed E-state index contributed by atoms with van der Waals surface area (Å²) in [5, 5.41) is 9.13. The van der Waals surface area contributed by atoms with E-state index in [0.29, 0.717) is 5.56 Å². The first-order valence-electron chi connectivity index (χ1n) is 7.71. The van der Waals surface area contributed by atoms with Crippen LogP contribution in [0.3, 0.4) is 0 Å². The second-order valence-corrected chi connectivity index (χ2v) is 5.52. The molecule has 5 heteroatoms. The van der Waals surface area contributed by atoms with Crippen LogP contribution in [0.1, 0.15) is 33.3 Å². The molecule has 5 nitrogen and oxygen atoms in total. The molecule has 0 radical (unpaired) electrons. The molecule has 1 heterocycles. The Bertz CT molecular complexity index is 953. The molecular formula is C20H16N2O3. The van der Waals surface area contributed by atoms with Crippen LogP contribution < -0.4 is 0 Å². The molecule has 0 bridgehead atoms. The minimum absolute atomic E-state index is 0.0164. The molecule has 25 heavy (non-hydrogen) atoms. The van der Waals surface area contributed by atoms with E-state index in [-0.39, 0.29) is 11.3 Å². The summed E-state index contributed by atoms with van der Waals surface area (Å²) in [6, 6.07) is 17.5. The molecule has 0 amide bonds. The molecule has 124 valence electrons. The fourth-order valence-electron chi connectivity index (χ4n) is 2.45. The molecule has 1 N–H and O–H groups in total. The highest BCUT2D eigenvalue weighted by atomic mass is 16.4. The molecule has 0 aliphatic heterocycles. The van der Waals surface area contributed by atoms with Crippen molar-refractivity contribution in [2.45, 2.75) is 6.92 Å². The fourth-order valence-corrected chi connectivity index (χ4v) is 2.45. The highest BCUT2D eigenvalue weighted by Crippen LogP contribution is 2.16. The summed E-state index contributed by atoms with van der Waals surface area (Å²) >= 11 is 0. The standard InChI is InChI=1S/C20H16N2O3/c1-14(23)15-7-9-17(10-8-15)21-13-19-6-3-11-22(19)18-5-2-4-16(12-18)20(24)25/h2-13H,1H3,(H,24,25). The van der Waals surface area contributed by atoms with Crippen LogP contribution in [0.4, 0.5) is 5.69 Å². The third-order valence-corrected chi connectivity index (χ3v) is 3.77. The van der Waals surface area contributed by atoms with Crippen LogP contribution >= 0.6 is 0 Å². The van der Waals surface area contributed by atoms with Gasteiger partial charge in [0.05, 0.1) is 23.2 Å². The van der Waals surface area contributed by atoms with Crippen molar-refractivity contribution in [3.05, 3.63) is 83.7 Å². The summed E-state index contributed by atoms with van der Waals surface area (Å²) in [5.74, 6) is -0.947. The topological polar surface area (TPSA) is 71.7 Å². The number of benzene rings is 2. The number of aromatic nitrogens is 1. The Hall–Kier alpha value is -3.47. The minimum atomic E-state index is -0.963. The van der Waals surface area contributed by atoms with Crippen LogP contribution in [-0.2, 0) is 0 Å². The number of carbonyl (C=O) groups excluding carboxylic acids is 1. The predicted molar refractivity (Wildman–Crippen MR) is 96.4 cm³/mol. The number of rotatable bonds is 5. The van der Waals surface area contributed by atoms with Gasteiger partial charge < -0.3 is 9.67 Å². The Labute approximate surface area is 144 Å². The number of Topliss-reactive ketones (excluding diaryl/α,β-unsaturated/α-hetero) is 1. The van der Waals surface area contributed by atoms with Crippen molar-refractivity contribution < 1.29 is 14.7 Å². The molecule has 0 aliphatic rings. The Kier molecular flexibility index (Phi) is 4.57. The predicted octanol–water partition coefficient (Wildman–Crippen LogP) is 4.13. The van der Waals surface area contributed by atoms with Crippen molar-refractivity contribution >= 4 is 23.7 Å². The lowest BCUT2D eigenvalue weighted by atomic mass is 10.1. The van der Waals surface area contributed by atoms with Crippen molar-refractivity contribution in [1.82, 2.24) is 4.57 Å². The Morgan fingerprint density at radius 3 is 2.44 bits per heavy atom. The van der Waals surface area contributed by atoms with Crippen LogP contribution in [0.25, 0.3) is 5.69 Å². The van der Waals surface area contributed by atoms with Crippen LogP contribution in [0.2, 0.25) is 0 Å². The first-order chi connectivity index (χ1) is 12.0. The SMILES string of the molecule is CC(=O)c1ccc(N=Cc2cccn2-c2cccc(C(=O)O)c2)cc1. The second kappa shape index (κ2) is 6.97. The maximum atomic E-state index is 11.3. The number of nitrogens with zero attached hydrogens (tertiary/aromatic N) is 2. The molecule has 0 spiro atoms. The van der Waals surface area contributed by atoms with Gasteiger partial charge in [0.2, 0.25) is 0 Å². The summed E-state index contributed by atoms with van der Waals surface area (Å²) in [6.07, 6.45) is 3.55. The third-order valence-electron chi connectivity index (χ3n) is 3.77. The van der Waals surface area contributed by atoms with Crippen LogP contribution in [0, 0.1) is 0 Å². The van der Waals surface area contributed by atoms with Gasteiger partial charge in [-0.25, -0.2) is 4.79 Å². The first-order valence-corrected chi connectivity index (χ1v) is 7.71. The molecule has 0 saturated heterocycles. The van der Waals surface area contributed by atoms with E-state index in [2.05, 4.69) is 4.99 Å². The molecule has 2 aromatic carbocycles. The van der Waals surface area contributed by atoms with Crippen molar-refractivity contribution in [1.29, 1.82) is 0 Å². The molecule has 0 fully saturated rings. The van der Waals surface area contributed by atoms with Gasteiger partial charge in [0.1, 0.15) is 0 Å². The Morgan fingerprint density at radius 2 is 1.76 bits per heavy atom. The number of aliphatic imine (C=N–C) groups is 1. The van der Waals surface area contributed by atoms with Crippen molar-refractivity contribution in [2.24, 2.45) is 4.99 Å². The number of aromatic carboxylic acids is 1. The number of carboxylic acid groups (broad SMARTS) is 1. The van der Waals surface area contributed by atoms with Gasteiger partial charge in [-0.15, -0.1) is 0 Å². The first kappa shape index (κ1) is 16.4. The lowest BCUT2D eigenvalue weighted by Crippen LogP contribution is -2.01. The third kappa shape index (κ3) is 3.72. The maximum absolute atomic E-state index is 11.3. The quantitative estimate of drug-likeness (QED) is 0.564. The lowest BCUT2D eigenvalue weighted by Gasteiger charge is -2.07. The second-order valence-electron chi connectivity index (χ2n) is 5.52.